The molecule has 1 fully saturated rings. The standard InChI is InChI=1S/C23H24F2N4O2/c24-16-7-8-17(18(25)14-16)23(31)26-11-3-6-21(30)29-12-9-15(10-13-29)22-27-19-4-1-2-5-20(19)28-22/h1-2,4-5,7-8,14-15H,3,6,9-13H2,(H,26,31)(H,27,28). The number of rotatable bonds is 6. The molecular weight excluding hydrogens is 402 g/mol. The first-order valence-electron chi connectivity index (χ1n) is 10.5. The second kappa shape index (κ2) is 9.24. The molecule has 1 aliphatic rings. The Hall–Kier alpha value is -3.29. The molecule has 8 heteroatoms. The quantitative estimate of drug-likeness (QED) is 0.589. The maximum absolute atomic E-state index is 13.6. The van der Waals surface area contributed by atoms with Gasteiger partial charge in [-0.15, -0.1) is 0 Å². The zero-order valence-electron chi connectivity index (χ0n) is 17.0. The lowest BCUT2D eigenvalue weighted by Gasteiger charge is -2.31. The van der Waals surface area contributed by atoms with E-state index in [1.165, 1.54) is 0 Å². The maximum atomic E-state index is 13.6. The van der Waals surface area contributed by atoms with E-state index in [0.717, 1.165) is 41.8 Å². The third-order valence-corrected chi connectivity index (χ3v) is 5.67. The molecule has 2 N–H and O–H groups in total. The second-order valence-electron chi connectivity index (χ2n) is 7.78. The number of H-pyrrole nitrogens is 1. The number of nitrogens with zero attached hydrogens (tertiary/aromatic N) is 2. The molecule has 0 spiro atoms. The first-order valence-corrected chi connectivity index (χ1v) is 10.5. The van der Waals surface area contributed by atoms with Crippen LogP contribution in [0.15, 0.2) is 42.5 Å². The Morgan fingerprint density at radius 3 is 2.65 bits per heavy atom. The SMILES string of the molecule is O=C(NCCCC(=O)N1CCC(c2nc3ccccc3[nH]2)CC1)c1ccc(F)cc1F. The number of aromatic amines is 1. The number of carbonyl (C=O) groups excluding carboxylic acids is 2. The number of hydrogen-bond acceptors (Lipinski definition) is 3. The summed E-state index contributed by atoms with van der Waals surface area (Å²) in [4.78, 5) is 34.4. The van der Waals surface area contributed by atoms with Crippen molar-refractivity contribution in [3.63, 3.8) is 0 Å². The van der Waals surface area contributed by atoms with Crippen LogP contribution in [0, 0.1) is 11.6 Å². The number of benzene rings is 2. The highest BCUT2D eigenvalue weighted by molar-refractivity contribution is 5.94. The van der Waals surface area contributed by atoms with Gasteiger partial charge < -0.3 is 15.2 Å². The summed E-state index contributed by atoms with van der Waals surface area (Å²) in [6.45, 7) is 1.60. The number of piperidine rings is 1. The summed E-state index contributed by atoms with van der Waals surface area (Å²) in [7, 11) is 0. The first kappa shape index (κ1) is 21.0. The van der Waals surface area contributed by atoms with E-state index < -0.39 is 17.5 Å². The van der Waals surface area contributed by atoms with Gasteiger partial charge in [-0.1, -0.05) is 12.1 Å². The highest BCUT2D eigenvalue weighted by Gasteiger charge is 2.25. The van der Waals surface area contributed by atoms with E-state index in [0.29, 0.717) is 37.9 Å². The molecule has 0 saturated carbocycles. The average molecular weight is 426 g/mol. The average Bonchev–Trinajstić information content (AvgIpc) is 3.21. The summed E-state index contributed by atoms with van der Waals surface area (Å²) in [5, 5.41) is 2.57. The van der Waals surface area contributed by atoms with E-state index in [-0.39, 0.29) is 18.0 Å². The molecule has 0 unspecified atom stereocenters. The van der Waals surface area contributed by atoms with Crippen molar-refractivity contribution < 1.29 is 18.4 Å². The summed E-state index contributed by atoms with van der Waals surface area (Å²) < 4.78 is 26.6. The summed E-state index contributed by atoms with van der Waals surface area (Å²) in [6.07, 6.45) is 2.47. The molecule has 162 valence electrons. The lowest BCUT2D eigenvalue weighted by Crippen LogP contribution is -2.38. The fourth-order valence-corrected chi connectivity index (χ4v) is 3.94. The van der Waals surface area contributed by atoms with Gasteiger partial charge >= 0.3 is 0 Å². The van der Waals surface area contributed by atoms with E-state index in [1.54, 1.807) is 0 Å². The second-order valence-corrected chi connectivity index (χ2v) is 7.78. The number of likely N-dealkylation sites (tertiary alicyclic amines) is 1. The van der Waals surface area contributed by atoms with E-state index >= 15 is 0 Å². The largest absolute Gasteiger partial charge is 0.352 e. The topological polar surface area (TPSA) is 78.1 Å². The molecule has 6 nitrogen and oxygen atoms in total. The monoisotopic (exact) mass is 426 g/mol. The molecule has 1 saturated heterocycles. The number of carbonyl (C=O) groups is 2. The van der Waals surface area contributed by atoms with Crippen molar-refractivity contribution in [1.29, 1.82) is 0 Å². The number of fused-ring (bicyclic) bond motifs is 1. The zero-order valence-corrected chi connectivity index (χ0v) is 17.0. The Labute approximate surface area is 178 Å². The number of para-hydroxylation sites is 2. The Balaban J connectivity index is 1.20. The molecule has 0 aliphatic carbocycles. The van der Waals surface area contributed by atoms with Gasteiger partial charge in [0, 0.05) is 38.0 Å². The third-order valence-electron chi connectivity index (χ3n) is 5.67. The molecule has 3 aromatic rings. The Bertz CT molecular complexity index is 1060. The van der Waals surface area contributed by atoms with Gasteiger partial charge in [0.05, 0.1) is 16.6 Å². The van der Waals surface area contributed by atoms with Gasteiger partial charge in [0.1, 0.15) is 17.5 Å². The summed E-state index contributed by atoms with van der Waals surface area (Å²) in [5.41, 5.74) is 1.78. The third kappa shape index (κ3) is 4.90. The molecule has 2 heterocycles. The number of aromatic nitrogens is 2. The predicted molar refractivity (Wildman–Crippen MR) is 113 cm³/mol. The minimum atomic E-state index is -0.902. The number of amides is 2. The summed E-state index contributed by atoms with van der Waals surface area (Å²) in [6, 6.07) is 10.8. The van der Waals surface area contributed by atoms with Crippen molar-refractivity contribution in [3.05, 3.63) is 65.5 Å². The molecule has 1 aliphatic heterocycles. The molecule has 0 radical (unpaired) electrons. The zero-order chi connectivity index (χ0) is 21.8. The van der Waals surface area contributed by atoms with Crippen molar-refractivity contribution in [3.8, 4) is 0 Å². The smallest absolute Gasteiger partial charge is 0.254 e. The van der Waals surface area contributed by atoms with Crippen molar-refractivity contribution in [2.45, 2.75) is 31.6 Å². The summed E-state index contributed by atoms with van der Waals surface area (Å²) in [5.74, 6) is -0.920. The molecule has 0 bridgehead atoms. The van der Waals surface area contributed by atoms with Crippen LogP contribution in [0.2, 0.25) is 0 Å². The molecule has 2 aromatic carbocycles. The fraction of sp³-hybridized carbons (Fsp3) is 0.348. The highest BCUT2D eigenvalue weighted by atomic mass is 19.1. The lowest BCUT2D eigenvalue weighted by molar-refractivity contribution is -0.132. The van der Waals surface area contributed by atoms with E-state index in [2.05, 4.69) is 15.3 Å². The molecule has 0 atom stereocenters. The van der Waals surface area contributed by atoms with Gasteiger partial charge in [-0.3, -0.25) is 9.59 Å². The number of hydrogen-bond donors (Lipinski definition) is 2. The van der Waals surface area contributed by atoms with Crippen LogP contribution in [0.3, 0.4) is 0 Å². The Morgan fingerprint density at radius 2 is 1.90 bits per heavy atom. The molecule has 31 heavy (non-hydrogen) atoms. The first-order chi connectivity index (χ1) is 15.0. The van der Waals surface area contributed by atoms with Crippen molar-refractivity contribution >= 4 is 22.8 Å². The van der Waals surface area contributed by atoms with E-state index in [4.69, 9.17) is 0 Å². The molecular formula is C23H24F2N4O2. The van der Waals surface area contributed by atoms with E-state index in [9.17, 15) is 18.4 Å². The van der Waals surface area contributed by atoms with Gasteiger partial charge in [-0.2, -0.15) is 0 Å². The van der Waals surface area contributed by atoms with Gasteiger partial charge in [0.15, 0.2) is 0 Å². The summed E-state index contributed by atoms with van der Waals surface area (Å²) >= 11 is 0. The van der Waals surface area contributed by atoms with Crippen LogP contribution in [0.5, 0.6) is 0 Å². The molecule has 2 amide bonds. The Kier molecular flexibility index (Phi) is 6.25. The van der Waals surface area contributed by atoms with Crippen molar-refractivity contribution in [2.75, 3.05) is 19.6 Å². The Morgan fingerprint density at radius 1 is 1.13 bits per heavy atom. The van der Waals surface area contributed by atoms with Crippen LogP contribution in [-0.4, -0.2) is 46.3 Å². The van der Waals surface area contributed by atoms with Gasteiger partial charge in [0.2, 0.25) is 5.91 Å². The van der Waals surface area contributed by atoms with Crippen molar-refractivity contribution in [1.82, 2.24) is 20.2 Å². The van der Waals surface area contributed by atoms with Crippen LogP contribution in [0.1, 0.15) is 47.8 Å². The minimum absolute atomic E-state index is 0.0465. The number of imidazole rings is 1. The van der Waals surface area contributed by atoms with Crippen LogP contribution in [0.4, 0.5) is 8.78 Å². The van der Waals surface area contributed by atoms with Crippen LogP contribution in [0.25, 0.3) is 11.0 Å². The fourth-order valence-electron chi connectivity index (χ4n) is 3.94. The van der Waals surface area contributed by atoms with Gasteiger partial charge in [-0.25, -0.2) is 13.8 Å². The van der Waals surface area contributed by atoms with E-state index in [1.807, 2.05) is 29.2 Å². The number of nitrogens with one attached hydrogen (secondary N) is 2. The number of halogens is 2. The maximum Gasteiger partial charge on any atom is 0.254 e. The normalized spacial score (nSPS) is 14.7. The minimum Gasteiger partial charge on any atom is -0.352 e. The van der Waals surface area contributed by atoms with Crippen LogP contribution in [-0.2, 0) is 4.79 Å². The van der Waals surface area contributed by atoms with Gasteiger partial charge in [-0.05, 0) is 43.5 Å². The van der Waals surface area contributed by atoms with Crippen molar-refractivity contribution in [2.24, 2.45) is 0 Å². The molecule has 4 rings (SSSR count). The predicted octanol–water partition coefficient (Wildman–Crippen LogP) is 3.76. The van der Waals surface area contributed by atoms with Crippen LogP contribution < -0.4 is 5.32 Å². The lowest BCUT2D eigenvalue weighted by atomic mass is 9.96. The van der Waals surface area contributed by atoms with Gasteiger partial charge in [0.25, 0.3) is 5.91 Å². The van der Waals surface area contributed by atoms with Crippen LogP contribution >= 0.6 is 0 Å². The molecule has 1 aromatic heterocycles. The highest BCUT2D eigenvalue weighted by Crippen LogP contribution is 2.28.